The first-order chi connectivity index (χ1) is 9.20. The van der Waals surface area contributed by atoms with Gasteiger partial charge in [0.15, 0.2) is 0 Å². The molecule has 20 heavy (non-hydrogen) atoms. The van der Waals surface area contributed by atoms with Gasteiger partial charge in [-0.3, -0.25) is 0 Å². The lowest BCUT2D eigenvalue weighted by Crippen LogP contribution is -2.39. The summed E-state index contributed by atoms with van der Waals surface area (Å²) in [6.45, 7) is 10.2. The van der Waals surface area contributed by atoms with Gasteiger partial charge in [-0.05, 0) is 43.9 Å². The lowest BCUT2D eigenvalue weighted by molar-refractivity contribution is 0.318. The summed E-state index contributed by atoms with van der Waals surface area (Å²) in [5.74, 6) is 0.595. The van der Waals surface area contributed by atoms with Crippen LogP contribution in [-0.4, -0.2) is 25.3 Å². The molecule has 0 N–H and O–H groups in total. The number of rotatable bonds is 6. The van der Waals surface area contributed by atoms with Gasteiger partial charge in [0.1, 0.15) is 0 Å². The van der Waals surface area contributed by atoms with Gasteiger partial charge in [0.25, 0.3) is 0 Å². The minimum Gasteiger partial charge on any atom is -0.207 e. The van der Waals surface area contributed by atoms with Crippen LogP contribution in [0.25, 0.3) is 0 Å². The van der Waals surface area contributed by atoms with E-state index in [1.807, 2.05) is 46.8 Å². The molecule has 0 atom stereocenters. The molecule has 0 radical (unpaired) electrons. The smallest absolute Gasteiger partial charge is 0.207 e. The second-order valence-corrected chi connectivity index (χ2v) is 7.92. The molecule has 1 rings (SSSR count). The first kappa shape index (κ1) is 17.5. The fourth-order valence-corrected chi connectivity index (χ4v) is 4.32. The first-order valence-electron chi connectivity index (χ1n) is 6.87. The standard InChI is InChI=1S/C15H24ClNO2S/c1-11(2)10-17(12(3)4)20(18,19)15-8-14(9-16)7-6-13(15)5/h6-8,11-12H,9-10H2,1-5H3. The molecule has 0 amide bonds. The molecular weight excluding hydrogens is 294 g/mol. The van der Waals surface area contributed by atoms with E-state index in [0.29, 0.717) is 17.3 Å². The predicted molar refractivity (Wildman–Crippen MR) is 84.6 cm³/mol. The van der Waals surface area contributed by atoms with Crippen LogP contribution >= 0.6 is 11.6 Å². The second-order valence-electron chi connectivity index (χ2n) is 5.80. The fourth-order valence-electron chi connectivity index (χ4n) is 2.08. The molecule has 1 aromatic rings. The van der Waals surface area contributed by atoms with Crippen LogP contribution in [0.5, 0.6) is 0 Å². The van der Waals surface area contributed by atoms with E-state index < -0.39 is 10.0 Å². The van der Waals surface area contributed by atoms with E-state index >= 15 is 0 Å². The molecule has 0 saturated heterocycles. The third-order valence-corrected chi connectivity index (χ3v) is 5.61. The fraction of sp³-hybridized carbons (Fsp3) is 0.600. The topological polar surface area (TPSA) is 37.4 Å². The van der Waals surface area contributed by atoms with Crippen molar-refractivity contribution in [1.82, 2.24) is 4.31 Å². The predicted octanol–water partition coefficient (Wildman–Crippen LogP) is 3.79. The second kappa shape index (κ2) is 6.92. The van der Waals surface area contributed by atoms with Crippen LogP contribution in [0.15, 0.2) is 23.1 Å². The van der Waals surface area contributed by atoms with Crippen LogP contribution in [0.4, 0.5) is 0 Å². The normalized spacial score (nSPS) is 12.7. The highest BCUT2D eigenvalue weighted by atomic mass is 35.5. The van der Waals surface area contributed by atoms with Crippen LogP contribution in [0, 0.1) is 12.8 Å². The summed E-state index contributed by atoms with van der Waals surface area (Å²) in [4.78, 5) is 0.366. The van der Waals surface area contributed by atoms with Crippen molar-refractivity contribution in [3.8, 4) is 0 Å². The quantitative estimate of drug-likeness (QED) is 0.749. The molecule has 0 aromatic heterocycles. The van der Waals surface area contributed by atoms with E-state index in [0.717, 1.165) is 11.1 Å². The third-order valence-electron chi connectivity index (χ3n) is 3.11. The van der Waals surface area contributed by atoms with Crippen molar-refractivity contribution in [3.63, 3.8) is 0 Å². The SMILES string of the molecule is Cc1ccc(CCl)cc1S(=O)(=O)N(CC(C)C)C(C)C. The Balaban J connectivity index is 3.32. The van der Waals surface area contributed by atoms with E-state index in [1.165, 1.54) is 0 Å². The summed E-state index contributed by atoms with van der Waals surface area (Å²) >= 11 is 5.82. The number of aryl methyl sites for hydroxylation is 1. The maximum absolute atomic E-state index is 12.9. The molecule has 1 aromatic carbocycles. The van der Waals surface area contributed by atoms with Gasteiger partial charge in [-0.15, -0.1) is 11.6 Å². The van der Waals surface area contributed by atoms with Crippen LogP contribution in [-0.2, 0) is 15.9 Å². The highest BCUT2D eigenvalue weighted by Gasteiger charge is 2.29. The van der Waals surface area contributed by atoms with Crippen molar-refractivity contribution in [1.29, 1.82) is 0 Å². The minimum absolute atomic E-state index is 0.0681. The molecular formula is C15H24ClNO2S. The number of hydrogen-bond acceptors (Lipinski definition) is 2. The van der Waals surface area contributed by atoms with Crippen LogP contribution in [0.1, 0.15) is 38.8 Å². The molecule has 0 aliphatic rings. The number of nitrogens with zero attached hydrogens (tertiary/aromatic N) is 1. The van der Waals surface area contributed by atoms with Crippen molar-refractivity contribution < 1.29 is 8.42 Å². The Morgan fingerprint density at radius 3 is 2.25 bits per heavy atom. The van der Waals surface area contributed by atoms with Crippen molar-refractivity contribution >= 4 is 21.6 Å². The van der Waals surface area contributed by atoms with Gasteiger partial charge in [0, 0.05) is 18.5 Å². The average Bonchev–Trinajstić information content (AvgIpc) is 2.35. The molecule has 0 aliphatic carbocycles. The van der Waals surface area contributed by atoms with E-state index in [4.69, 9.17) is 11.6 Å². The van der Waals surface area contributed by atoms with Crippen LogP contribution in [0.3, 0.4) is 0 Å². The Kier molecular flexibility index (Phi) is 6.05. The summed E-state index contributed by atoms with van der Waals surface area (Å²) in [7, 11) is -3.48. The van der Waals surface area contributed by atoms with Gasteiger partial charge in [-0.2, -0.15) is 4.31 Å². The number of hydrogen-bond donors (Lipinski definition) is 0. The highest BCUT2D eigenvalue weighted by molar-refractivity contribution is 7.89. The number of halogens is 1. The maximum Gasteiger partial charge on any atom is 0.243 e. The number of sulfonamides is 1. The number of alkyl halides is 1. The van der Waals surface area contributed by atoms with Crippen molar-refractivity contribution in [2.45, 2.75) is 51.4 Å². The van der Waals surface area contributed by atoms with Gasteiger partial charge in [0.2, 0.25) is 10.0 Å². The van der Waals surface area contributed by atoms with Crippen molar-refractivity contribution in [2.75, 3.05) is 6.54 Å². The molecule has 0 spiro atoms. The molecule has 114 valence electrons. The van der Waals surface area contributed by atoms with Crippen molar-refractivity contribution in [2.24, 2.45) is 5.92 Å². The molecule has 0 saturated carbocycles. The van der Waals surface area contributed by atoms with Gasteiger partial charge in [-0.1, -0.05) is 26.0 Å². The Morgan fingerprint density at radius 2 is 1.80 bits per heavy atom. The van der Waals surface area contributed by atoms with E-state index in [2.05, 4.69) is 0 Å². The summed E-state index contributed by atoms with van der Waals surface area (Å²) in [6, 6.07) is 5.30. The van der Waals surface area contributed by atoms with Gasteiger partial charge in [0.05, 0.1) is 4.90 Å². The molecule has 0 unspecified atom stereocenters. The molecule has 5 heteroatoms. The summed E-state index contributed by atoms with van der Waals surface area (Å²) in [6.07, 6.45) is 0. The first-order valence-corrected chi connectivity index (χ1v) is 8.85. The number of benzene rings is 1. The van der Waals surface area contributed by atoms with E-state index in [1.54, 1.807) is 10.4 Å². The van der Waals surface area contributed by atoms with Gasteiger partial charge < -0.3 is 0 Å². The molecule has 0 fully saturated rings. The summed E-state index contributed by atoms with van der Waals surface area (Å²) in [5.41, 5.74) is 1.58. The zero-order valence-corrected chi connectivity index (χ0v) is 14.4. The van der Waals surface area contributed by atoms with E-state index in [9.17, 15) is 8.42 Å². The lowest BCUT2D eigenvalue weighted by Gasteiger charge is -2.28. The molecule has 0 aliphatic heterocycles. The zero-order chi connectivity index (χ0) is 15.5. The minimum atomic E-state index is -3.48. The molecule has 0 bridgehead atoms. The zero-order valence-electron chi connectivity index (χ0n) is 12.9. The van der Waals surface area contributed by atoms with E-state index in [-0.39, 0.29) is 12.0 Å². The highest BCUT2D eigenvalue weighted by Crippen LogP contribution is 2.24. The largest absolute Gasteiger partial charge is 0.243 e. The molecule has 3 nitrogen and oxygen atoms in total. The summed E-state index contributed by atoms with van der Waals surface area (Å²) in [5, 5.41) is 0. The Bertz CT molecular complexity index is 553. The third kappa shape index (κ3) is 3.96. The Hall–Kier alpha value is -0.580. The summed E-state index contributed by atoms with van der Waals surface area (Å²) < 4.78 is 27.3. The lowest BCUT2D eigenvalue weighted by atomic mass is 10.2. The maximum atomic E-state index is 12.9. The monoisotopic (exact) mass is 317 g/mol. The van der Waals surface area contributed by atoms with Gasteiger partial charge >= 0.3 is 0 Å². The average molecular weight is 318 g/mol. The Morgan fingerprint density at radius 1 is 1.20 bits per heavy atom. The van der Waals surface area contributed by atoms with Crippen LogP contribution in [0.2, 0.25) is 0 Å². The molecule has 0 heterocycles. The van der Waals surface area contributed by atoms with Crippen LogP contribution < -0.4 is 0 Å². The van der Waals surface area contributed by atoms with Crippen molar-refractivity contribution in [3.05, 3.63) is 29.3 Å². The van der Waals surface area contributed by atoms with Gasteiger partial charge in [-0.25, -0.2) is 8.42 Å². The Labute approximate surface area is 128 Å².